The standard InChI is InChI=1S/C29H32N2O6S/c1-3-36-29(32)7-5-4-6-14-38(33,34)31-27-13-12-26(37-20-35-2)17-25(27)18-28(31)23-11-10-22-9-8-21(19-30)15-24(22)16-23/h8-13,15-17,28H,3-7,14,18,20H2,1-2H3. The van der Waals surface area contributed by atoms with Crippen LogP contribution in [0.4, 0.5) is 5.69 Å². The Morgan fingerprint density at radius 1 is 1.05 bits per heavy atom. The molecule has 0 amide bonds. The van der Waals surface area contributed by atoms with Crippen molar-refractivity contribution in [3.8, 4) is 11.8 Å². The molecule has 1 atom stereocenters. The number of rotatable bonds is 12. The summed E-state index contributed by atoms with van der Waals surface area (Å²) in [5.74, 6) is 0.325. The van der Waals surface area contributed by atoms with Gasteiger partial charge in [0.1, 0.15) is 5.75 Å². The minimum absolute atomic E-state index is 0.0279. The Bertz CT molecular complexity index is 1450. The lowest BCUT2D eigenvalue weighted by molar-refractivity contribution is -0.143. The van der Waals surface area contributed by atoms with E-state index in [1.54, 1.807) is 32.2 Å². The third kappa shape index (κ3) is 6.26. The van der Waals surface area contributed by atoms with Gasteiger partial charge in [-0.15, -0.1) is 0 Å². The first-order valence-electron chi connectivity index (χ1n) is 12.7. The van der Waals surface area contributed by atoms with Crippen molar-refractivity contribution in [1.29, 1.82) is 5.26 Å². The van der Waals surface area contributed by atoms with E-state index in [4.69, 9.17) is 14.2 Å². The van der Waals surface area contributed by atoms with Gasteiger partial charge in [0.2, 0.25) is 10.0 Å². The molecule has 0 saturated heterocycles. The van der Waals surface area contributed by atoms with Crippen LogP contribution in [0.2, 0.25) is 0 Å². The van der Waals surface area contributed by atoms with Gasteiger partial charge in [-0.05, 0) is 78.1 Å². The van der Waals surface area contributed by atoms with Crippen LogP contribution in [0.25, 0.3) is 10.8 Å². The summed E-state index contributed by atoms with van der Waals surface area (Å²) in [6.45, 7) is 2.20. The molecule has 1 unspecified atom stereocenters. The zero-order valence-corrected chi connectivity index (χ0v) is 22.5. The van der Waals surface area contributed by atoms with Gasteiger partial charge in [-0.25, -0.2) is 8.42 Å². The lowest BCUT2D eigenvalue weighted by Gasteiger charge is -2.27. The van der Waals surface area contributed by atoms with E-state index in [1.165, 1.54) is 4.31 Å². The molecule has 200 valence electrons. The van der Waals surface area contributed by atoms with E-state index in [9.17, 15) is 18.5 Å². The predicted molar refractivity (Wildman–Crippen MR) is 145 cm³/mol. The summed E-state index contributed by atoms with van der Waals surface area (Å²) in [7, 11) is -2.13. The first kappa shape index (κ1) is 27.4. The number of esters is 1. The molecule has 0 aliphatic carbocycles. The van der Waals surface area contributed by atoms with Crippen LogP contribution in [-0.4, -0.2) is 40.6 Å². The van der Waals surface area contributed by atoms with Crippen LogP contribution in [-0.2, 0) is 30.7 Å². The average molecular weight is 537 g/mol. The maximum absolute atomic E-state index is 13.7. The van der Waals surface area contributed by atoms with Crippen LogP contribution < -0.4 is 9.04 Å². The third-order valence-electron chi connectivity index (χ3n) is 6.59. The first-order valence-corrected chi connectivity index (χ1v) is 14.3. The van der Waals surface area contributed by atoms with Crippen molar-refractivity contribution >= 4 is 32.5 Å². The Morgan fingerprint density at radius 2 is 1.87 bits per heavy atom. The number of hydrogen-bond acceptors (Lipinski definition) is 7. The van der Waals surface area contributed by atoms with Crippen LogP contribution in [0.1, 0.15) is 55.3 Å². The van der Waals surface area contributed by atoms with Crippen molar-refractivity contribution in [3.63, 3.8) is 0 Å². The van der Waals surface area contributed by atoms with E-state index in [-0.39, 0.29) is 24.9 Å². The van der Waals surface area contributed by atoms with Gasteiger partial charge in [-0.3, -0.25) is 9.10 Å². The van der Waals surface area contributed by atoms with E-state index in [2.05, 4.69) is 6.07 Å². The zero-order valence-electron chi connectivity index (χ0n) is 21.7. The number of carbonyl (C=O) groups excluding carboxylic acids is 1. The molecule has 1 aliphatic heterocycles. The molecular weight excluding hydrogens is 504 g/mol. The minimum atomic E-state index is -3.68. The number of sulfonamides is 1. The molecule has 4 rings (SSSR count). The molecule has 1 heterocycles. The second-order valence-corrected chi connectivity index (χ2v) is 11.2. The lowest BCUT2D eigenvalue weighted by atomic mass is 9.98. The number of anilines is 1. The van der Waals surface area contributed by atoms with Gasteiger partial charge in [-0.1, -0.05) is 24.6 Å². The topological polar surface area (TPSA) is 106 Å². The lowest BCUT2D eigenvalue weighted by Crippen LogP contribution is -2.34. The monoisotopic (exact) mass is 536 g/mol. The Kier molecular flexibility index (Phi) is 8.87. The predicted octanol–water partition coefficient (Wildman–Crippen LogP) is 5.25. The fourth-order valence-electron chi connectivity index (χ4n) is 4.82. The van der Waals surface area contributed by atoms with Crippen molar-refractivity contribution in [2.45, 2.75) is 45.1 Å². The average Bonchev–Trinajstić information content (AvgIpc) is 3.31. The van der Waals surface area contributed by atoms with Crippen LogP contribution >= 0.6 is 0 Å². The highest BCUT2D eigenvalue weighted by Crippen LogP contribution is 2.44. The molecule has 8 nitrogen and oxygen atoms in total. The van der Waals surface area contributed by atoms with Crippen LogP contribution in [0.15, 0.2) is 54.6 Å². The first-order chi connectivity index (χ1) is 18.4. The largest absolute Gasteiger partial charge is 0.468 e. The second kappa shape index (κ2) is 12.3. The van der Waals surface area contributed by atoms with Gasteiger partial charge in [-0.2, -0.15) is 5.26 Å². The molecule has 0 bridgehead atoms. The number of methoxy groups -OCH3 is 1. The quantitative estimate of drug-likeness (QED) is 0.177. The van der Waals surface area contributed by atoms with Gasteiger partial charge in [0.15, 0.2) is 6.79 Å². The summed E-state index contributed by atoms with van der Waals surface area (Å²) >= 11 is 0. The van der Waals surface area contributed by atoms with E-state index < -0.39 is 16.1 Å². The normalized spacial score (nSPS) is 14.8. The number of carbonyl (C=O) groups is 1. The molecule has 0 radical (unpaired) electrons. The van der Waals surface area contributed by atoms with Crippen molar-refractivity contribution < 1.29 is 27.4 Å². The van der Waals surface area contributed by atoms with E-state index in [1.807, 2.05) is 36.4 Å². The number of hydrogen-bond donors (Lipinski definition) is 0. The molecule has 1 aliphatic rings. The van der Waals surface area contributed by atoms with Gasteiger partial charge in [0.25, 0.3) is 0 Å². The number of nitrogens with zero attached hydrogens (tertiary/aromatic N) is 2. The number of unbranched alkanes of at least 4 members (excludes halogenated alkanes) is 2. The molecule has 3 aromatic carbocycles. The zero-order chi connectivity index (χ0) is 27.1. The van der Waals surface area contributed by atoms with Gasteiger partial charge >= 0.3 is 5.97 Å². The summed E-state index contributed by atoms with van der Waals surface area (Å²) in [4.78, 5) is 11.6. The van der Waals surface area contributed by atoms with Gasteiger partial charge in [0.05, 0.1) is 35.7 Å². The third-order valence-corrected chi connectivity index (χ3v) is 8.45. The molecule has 0 aromatic heterocycles. The number of nitriles is 1. The van der Waals surface area contributed by atoms with Crippen LogP contribution in [0, 0.1) is 11.3 Å². The maximum Gasteiger partial charge on any atom is 0.305 e. The Hall–Kier alpha value is -3.61. The number of benzene rings is 3. The summed E-state index contributed by atoms with van der Waals surface area (Å²) < 4.78 is 44.6. The Morgan fingerprint density at radius 3 is 2.63 bits per heavy atom. The molecular formula is C29H32N2O6S. The highest BCUT2D eigenvalue weighted by atomic mass is 32.2. The van der Waals surface area contributed by atoms with Crippen LogP contribution in [0.3, 0.4) is 0 Å². The highest BCUT2D eigenvalue weighted by Gasteiger charge is 2.38. The Balaban J connectivity index is 1.61. The summed E-state index contributed by atoms with van der Waals surface area (Å²) in [6, 6.07) is 18.5. The molecule has 0 spiro atoms. The minimum Gasteiger partial charge on any atom is -0.468 e. The maximum atomic E-state index is 13.7. The smallest absolute Gasteiger partial charge is 0.305 e. The molecule has 0 N–H and O–H groups in total. The summed E-state index contributed by atoms with van der Waals surface area (Å²) in [5.41, 5.74) is 2.92. The fourth-order valence-corrected chi connectivity index (χ4v) is 6.64. The SMILES string of the molecule is CCOC(=O)CCCCCS(=O)(=O)N1c2ccc(OCOC)cc2CC1c1ccc2ccc(C#N)cc2c1. The molecule has 0 saturated carbocycles. The van der Waals surface area contributed by atoms with Crippen molar-refractivity contribution in [1.82, 2.24) is 0 Å². The van der Waals surface area contributed by atoms with Gasteiger partial charge in [0, 0.05) is 20.0 Å². The number of fused-ring (bicyclic) bond motifs is 2. The molecule has 3 aromatic rings. The van der Waals surface area contributed by atoms with Crippen LogP contribution in [0.5, 0.6) is 5.75 Å². The molecule has 0 fully saturated rings. The van der Waals surface area contributed by atoms with E-state index in [0.717, 1.165) is 21.9 Å². The summed E-state index contributed by atoms with van der Waals surface area (Å²) in [5, 5.41) is 11.2. The highest BCUT2D eigenvalue weighted by molar-refractivity contribution is 7.92. The molecule has 38 heavy (non-hydrogen) atoms. The van der Waals surface area contributed by atoms with Crippen molar-refractivity contribution in [2.24, 2.45) is 0 Å². The second-order valence-electron chi connectivity index (χ2n) is 9.22. The Labute approximate surface area is 223 Å². The number of ether oxygens (including phenoxy) is 3. The van der Waals surface area contributed by atoms with Gasteiger partial charge < -0.3 is 14.2 Å². The summed E-state index contributed by atoms with van der Waals surface area (Å²) in [6.07, 6.45) is 2.42. The van der Waals surface area contributed by atoms with Crippen molar-refractivity contribution in [3.05, 3.63) is 71.3 Å². The van der Waals surface area contributed by atoms with E-state index >= 15 is 0 Å². The molecule has 9 heteroatoms. The fraction of sp³-hybridized carbons (Fsp3) is 0.379. The van der Waals surface area contributed by atoms with Crippen molar-refractivity contribution in [2.75, 3.05) is 30.6 Å². The van der Waals surface area contributed by atoms with E-state index in [0.29, 0.717) is 49.3 Å².